The number of carbonyl (C=O) groups excluding carboxylic acids is 2. The lowest BCUT2D eigenvalue weighted by Crippen LogP contribution is -2.52. The number of benzene rings is 4. The Balaban J connectivity index is 0.719. The van der Waals surface area contributed by atoms with Crippen molar-refractivity contribution in [3.8, 4) is 40.6 Å². The van der Waals surface area contributed by atoms with E-state index in [-0.39, 0.29) is 47.1 Å². The van der Waals surface area contributed by atoms with E-state index in [0.717, 1.165) is 84.7 Å². The Labute approximate surface area is 428 Å². The molecule has 3 N–H and O–H groups in total. The van der Waals surface area contributed by atoms with Gasteiger partial charge < -0.3 is 39.7 Å². The summed E-state index contributed by atoms with van der Waals surface area (Å²) in [6.07, 6.45) is 2.27. The number of phenolic OH excluding ortho intramolecular Hbond substituents is 2. The van der Waals surface area contributed by atoms with Crippen LogP contribution in [0.15, 0.2) is 85.2 Å². The molecule has 382 valence electrons. The molecule has 0 aliphatic carbocycles. The molecular formula is C54H61ClFN11O6. The Morgan fingerprint density at radius 3 is 2.23 bits per heavy atom. The number of amides is 2. The molecular weight excluding hydrogens is 953 g/mol. The Morgan fingerprint density at radius 2 is 1.52 bits per heavy atom. The van der Waals surface area contributed by atoms with E-state index < -0.39 is 11.7 Å². The van der Waals surface area contributed by atoms with E-state index >= 15 is 0 Å². The van der Waals surface area contributed by atoms with Gasteiger partial charge in [0.15, 0.2) is 11.7 Å². The van der Waals surface area contributed by atoms with Gasteiger partial charge in [0.2, 0.25) is 5.91 Å². The van der Waals surface area contributed by atoms with E-state index in [0.29, 0.717) is 93.8 Å². The summed E-state index contributed by atoms with van der Waals surface area (Å²) >= 11 is 6.76. The molecule has 6 aromatic rings. The van der Waals surface area contributed by atoms with Crippen molar-refractivity contribution in [2.45, 2.75) is 52.1 Å². The zero-order chi connectivity index (χ0) is 50.9. The predicted molar refractivity (Wildman–Crippen MR) is 277 cm³/mol. The molecule has 0 spiro atoms. The fourth-order valence-corrected chi connectivity index (χ4v) is 11.0. The maximum atomic E-state index is 13.8. The lowest BCUT2D eigenvalue weighted by Gasteiger charge is -2.38. The van der Waals surface area contributed by atoms with Gasteiger partial charge in [-0.05, 0) is 85.1 Å². The van der Waals surface area contributed by atoms with Gasteiger partial charge in [0.25, 0.3) is 5.91 Å². The summed E-state index contributed by atoms with van der Waals surface area (Å²) in [5, 5.41) is 42.6. The van der Waals surface area contributed by atoms with Crippen LogP contribution in [0.2, 0.25) is 5.02 Å². The smallest absolute Gasteiger partial charge is 0.319 e. The molecule has 19 heteroatoms. The zero-order valence-electron chi connectivity index (χ0n) is 41.3. The quantitative estimate of drug-likeness (QED) is 0.102. The van der Waals surface area contributed by atoms with Crippen LogP contribution in [0.3, 0.4) is 0 Å². The van der Waals surface area contributed by atoms with E-state index in [1.54, 1.807) is 6.07 Å². The number of piperazine rings is 2. The normalized spacial score (nSPS) is 17.1. The number of likely N-dealkylation sites (tertiary alicyclic amines) is 1. The predicted octanol–water partition coefficient (Wildman–Crippen LogP) is 6.90. The molecule has 4 aliphatic rings. The minimum absolute atomic E-state index is 0.00557. The van der Waals surface area contributed by atoms with Gasteiger partial charge in [0, 0.05) is 101 Å². The molecule has 0 unspecified atom stereocenters. The Kier molecular flexibility index (Phi) is 14.4. The first-order chi connectivity index (χ1) is 35.3. The molecule has 3 saturated heterocycles. The van der Waals surface area contributed by atoms with Crippen molar-refractivity contribution in [1.82, 2.24) is 44.3 Å². The van der Waals surface area contributed by atoms with Crippen LogP contribution in [0.1, 0.15) is 55.0 Å². The van der Waals surface area contributed by atoms with Gasteiger partial charge >= 0.3 is 12.0 Å². The highest BCUT2D eigenvalue weighted by Crippen LogP contribution is 2.40. The average molecular weight is 1010 g/mol. The van der Waals surface area contributed by atoms with Crippen LogP contribution in [0, 0.1) is 5.92 Å². The Hall–Kier alpha value is -7.02. The molecule has 2 aromatic heterocycles. The molecule has 10 rings (SSSR count). The molecule has 4 aromatic carbocycles. The monoisotopic (exact) mass is 1010 g/mol. The zero-order valence-corrected chi connectivity index (χ0v) is 42.0. The van der Waals surface area contributed by atoms with Crippen LogP contribution >= 0.6 is 11.6 Å². The van der Waals surface area contributed by atoms with E-state index in [2.05, 4.69) is 54.6 Å². The number of piperidine rings is 1. The van der Waals surface area contributed by atoms with Crippen LogP contribution in [0.5, 0.6) is 23.5 Å². The number of carbonyl (C=O) groups is 2. The number of aromatic nitrogens is 5. The van der Waals surface area contributed by atoms with Crippen molar-refractivity contribution < 1.29 is 34.0 Å². The fraction of sp³-hybridized carbons (Fsp3) is 0.407. The number of ether oxygens (including phenoxy) is 1. The van der Waals surface area contributed by atoms with Gasteiger partial charge in [-0.25, -0.2) is 8.96 Å². The van der Waals surface area contributed by atoms with E-state index in [1.807, 2.05) is 61.2 Å². The molecule has 0 bridgehead atoms. The third-order valence-corrected chi connectivity index (χ3v) is 15.1. The van der Waals surface area contributed by atoms with E-state index in [4.69, 9.17) is 26.3 Å². The molecule has 2 amide bonds. The standard InChI is InChI=1S/C54H61ClFN11O6/c1-34(2)41-30-42(47(69)31-46(41)68)50-59-60-54(72)67(50)39-12-10-36(11-13-39)32-62-17-14-38(15-18-62)52(71)65-22-20-61(21-23-65)28-29-73-53-57-44-33-66(45-9-5-7-37-6-4-8-43(55)48(37)45)19-16-40(44)49(58-53)63-24-26-64(27-25-63)51(70)35(3)56/h4-13,30-31,34,38,68-69H,3,14-29,32-33H2,1-2H3,(H,60,72). The number of rotatable bonds is 13. The molecule has 0 atom stereocenters. The van der Waals surface area contributed by atoms with E-state index in [9.17, 15) is 29.3 Å². The van der Waals surface area contributed by atoms with Crippen LogP contribution in [-0.4, -0.2) is 157 Å². The number of anilines is 2. The summed E-state index contributed by atoms with van der Waals surface area (Å²) in [6.45, 7) is 16.1. The first kappa shape index (κ1) is 49.6. The van der Waals surface area contributed by atoms with Gasteiger partial charge in [-0.15, -0.1) is 5.10 Å². The second kappa shape index (κ2) is 21.2. The van der Waals surface area contributed by atoms with Crippen LogP contribution < -0.4 is 14.5 Å². The summed E-state index contributed by atoms with van der Waals surface area (Å²) in [7, 11) is 0. The molecule has 4 aliphatic heterocycles. The van der Waals surface area contributed by atoms with Gasteiger partial charge in [-0.1, -0.05) is 73.5 Å². The van der Waals surface area contributed by atoms with Crippen molar-refractivity contribution in [2.24, 2.45) is 5.92 Å². The molecule has 17 nitrogen and oxygen atoms in total. The minimum atomic E-state index is -0.957. The topological polar surface area (TPSA) is 180 Å². The first-order valence-electron chi connectivity index (χ1n) is 25.2. The van der Waals surface area contributed by atoms with Crippen molar-refractivity contribution in [2.75, 3.05) is 94.9 Å². The number of nitrogens with zero attached hydrogens (tertiary/aromatic N) is 11. The third kappa shape index (κ3) is 10.5. The lowest BCUT2D eigenvalue weighted by atomic mass is 9.94. The van der Waals surface area contributed by atoms with Gasteiger partial charge in [0.1, 0.15) is 23.9 Å². The largest absolute Gasteiger partial charge is 0.508 e. The number of hydrogen-bond acceptors (Lipinski definition) is 14. The number of halogens is 2. The molecule has 73 heavy (non-hydrogen) atoms. The first-order valence-corrected chi connectivity index (χ1v) is 25.5. The van der Waals surface area contributed by atoms with Crippen molar-refractivity contribution >= 4 is 45.7 Å². The lowest BCUT2D eigenvalue weighted by molar-refractivity contribution is -0.139. The second-order valence-electron chi connectivity index (χ2n) is 19.7. The SMILES string of the molecule is C=C(F)C(=O)N1CCN(c2nc(OCCN3CCN(C(=O)C4CCN(Cc5ccc(-n6c(O)nnc6-c6cc(C(C)C)c(O)cc6O)cc5)CC4)CC3)nc3c2CCN(c2cccc4cccc(Cl)c24)C3)CC1. The van der Waals surface area contributed by atoms with Gasteiger partial charge in [-0.2, -0.15) is 9.97 Å². The Bertz CT molecular complexity index is 3020. The molecule has 6 heterocycles. The van der Waals surface area contributed by atoms with Gasteiger partial charge in [-0.3, -0.25) is 19.4 Å². The Morgan fingerprint density at radius 1 is 0.808 bits per heavy atom. The number of aromatic hydroxyl groups is 3. The third-order valence-electron chi connectivity index (χ3n) is 14.8. The number of hydrogen-bond donors (Lipinski definition) is 3. The van der Waals surface area contributed by atoms with Gasteiger partial charge in [0.05, 0.1) is 28.5 Å². The second-order valence-corrected chi connectivity index (χ2v) is 20.1. The summed E-state index contributed by atoms with van der Waals surface area (Å²) in [5.41, 5.74) is 5.65. The van der Waals surface area contributed by atoms with Crippen molar-refractivity contribution in [3.63, 3.8) is 0 Å². The highest BCUT2D eigenvalue weighted by molar-refractivity contribution is 6.36. The maximum absolute atomic E-state index is 13.8. The summed E-state index contributed by atoms with van der Waals surface area (Å²) in [5.74, 6) is -0.583. The number of fused-ring (bicyclic) bond motifs is 2. The van der Waals surface area contributed by atoms with Crippen molar-refractivity contribution in [1.29, 1.82) is 0 Å². The van der Waals surface area contributed by atoms with E-state index in [1.165, 1.54) is 15.5 Å². The summed E-state index contributed by atoms with van der Waals surface area (Å²) in [4.78, 5) is 48.8. The average Bonchev–Trinajstić information content (AvgIpc) is 3.78. The fourth-order valence-electron chi connectivity index (χ4n) is 10.7. The summed E-state index contributed by atoms with van der Waals surface area (Å²) in [6, 6.07) is 22.8. The van der Waals surface area contributed by atoms with Crippen molar-refractivity contribution in [3.05, 3.63) is 113 Å². The summed E-state index contributed by atoms with van der Waals surface area (Å²) < 4.78 is 21.6. The number of phenols is 2. The van der Waals surface area contributed by atoms with Crippen LogP contribution in [0.25, 0.3) is 27.8 Å². The highest BCUT2D eigenvalue weighted by atomic mass is 35.5. The highest BCUT2D eigenvalue weighted by Gasteiger charge is 2.33. The maximum Gasteiger partial charge on any atom is 0.319 e. The van der Waals surface area contributed by atoms with Crippen LogP contribution in [-0.2, 0) is 29.1 Å². The molecule has 0 saturated carbocycles. The molecule has 3 fully saturated rings. The van der Waals surface area contributed by atoms with Crippen LogP contribution in [0.4, 0.5) is 15.9 Å². The minimum Gasteiger partial charge on any atom is -0.508 e. The molecule has 0 radical (unpaired) electrons.